The highest BCUT2D eigenvalue weighted by atomic mass is 32.2. The fraction of sp³-hybridized carbons (Fsp3) is 0.727. The molecule has 0 amide bonds. The first kappa shape index (κ1) is 9.73. The van der Waals surface area contributed by atoms with Crippen molar-refractivity contribution >= 4 is 11.8 Å². The molecule has 2 atom stereocenters. The minimum absolute atomic E-state index is 0.366. The summed E-state index contributed by atoms with van der Waals surface area (Å²) >= 11 is 2.01. The zero-order valence-corrected chi connectivity index (χ0v) is 9.55. The summed E-state index contributed by atoms with van der Waals surface area (Å²) in [6.45, 7) is 1.10. The molecule has 2 saturated heterocycles. The van der Waals surface area contributed by atoms with Crippen LogP contribution in [0.1, 0.15) is 48.6 Å². The van der Waals surface area contributed by atoms with E-state index in [2.05, 4.69) is 10.3 Å². The van der Waals surface area contributed by atoms with Gasteiger partial charge >= 0.3 is 0 Å². The second-order valence-corrected chi connectivity index (χ2v) is 5.57. The van der Waals surface area contributed by atoms with E-state index in [0.717, 1.165) is 24.6 Å². The lowest BCUT2D eigenvalue weighted by Gasteiger charge is -2.04. The standard InChI is InChI=1S/C11H16N2OS/c1-3-8(12-5-1)11-13-9(7-14-11)10-4-2-6-15-10/h7-8,10,12H,1-6H2. The first-order chi connectivity index (χ1) is 7.43. The molecule has 2 aliphatic heterocycles. The Bertz CT molecular complexity index is 297. The lowest BCUT2D eigenvalue weighted by atomic mass is 10.2. The van der Waals surface area contributed by atoms with Crippen molar-refractivity contribution in [2.45, 2.75) is 37.0 Å². The Morgan fingerprint density at radius 2 is 2.40 bits per heavy atom. The molecule has 4 heteroatoms. The molecule has 0 aromatic carbocycles. The van der Waals surface area contributed by atoms with E-state index in [1.165, 1.54) is 25.0 Å². The van der Waals surface area contributed by atoms with Gasteiger partial charge in [0.1, 0.15) is 6.26 Å². The molecule has 2 unspecified atom stereocenters. The Balaban J connectivity index is 1.74. The van der Waals surface area contributed by atoms with E-state index >= 15 is 0 Å². The van der Waals surface area contributed by atoms with Crippen molar-refractivity contribution in [3.05, 3.63) is 17.8 Å². The van der Waals surface area contributed by atoms with Gasteiger partial charge in [-0.25, -0.2) is 4.98 Å². The maximum absolute atomic E-state index is 5.57. The number of aromatic nitrogens is 1. The molecular formula is C11H16N2OS. The summed E-state index contributed by atoms with van der Waals surface area (Å²) in [6, 6.07) is 0.366. The topological polar surface area (TPSA) is 38.1 Å². The van der Waals surface area contributed by atoms with Gasteiger partial charge in [-0.05, 0) is 38.0 Å². The molecule has 1 N–H and O–H groups in total. The third-order valence-corrected chi connectivity index (χ3v) is 4.56. The fourth-order valence-corrected chi connectivity index (χ4v) is 3.55. The molecule has 3 heterocycles. The molecule has 82 valence electrons. The molecule has 2 aliphatic rings. The van der Waals surface area contributed by atoms with Crippen LogP contribution in [-0.2, 0) is 0 Å². The number of nitrogens with one attached hydrogen (secondary N) is 1. The van der Waals surface area contributed by atoms with E-state index in [1.54, 1.807) is 0 Å². The summed E-state index contributed by atoms with van der Waals surface area (Å²) in [5.41, 5.74) is 1.15. The van der Waals surface area contributed by atoms with Crippen LogP contribution in [0.2, 0.25) is 0 Å². The summed E-state index contributed by atoms with van der Waals surface area (Å²) in [5.74, 6) is 2.17. The predicted molar refractivity (Wildman–Crippen MR) is 60.9 cm³/mol. The number of hydrogen-bond acceptors (Lipinski definition) is 4. The maximum atomic E-state index is 5.57. The summed E-state index contributed by atoms with van der Waals surface area (Å²) < 4.78 is 5.57. The lowest BCUT2D eigenvalue weighted by molar-refractivity contribution is 0.429. The number of oxazole rings is 1. The monoisotopic (exact) mass is 224 g/mol. The van der Waals surface area contributed by atoms with Crippen LogP contribution in [0.15, 0.2) is 10.7 Å². The van der Waals surface area contributed by atoms with E-state index in [-0.39, 0.29) is 0 Å². The third kappa shape index (κ3) is 1.93. The molecule has 0 saturated carbocycles. The Morgan fingerprint density at radius 3 is 3.13 bits per heavy atom. The van der Waals surface area contributed by atoms with Crippen LogP contribution in [0.25, 0.3) is 0 Å². The van der Waals surface area contributed by atoms with Gasteiger partial charge in [0.05, 0.1) is 17.0 Å². The molecule has 0 bridgehead atoms. The van der Waals surface area contributed by atoms with Gasteiger partial charge in [0.2, 0.25) is 5.89 Å². The van der Waals surface area contributed by atoms with E-state index in [0.29, 0.717) is 11.3 Å². The van der Waals surface area contributed by atoms with Crippen LogP contribution in [-0.4, -0.2) is 17.3 Å². The van der Waals surface area contributed by atoms with Crippen molar-refractivity contribution < 1.29 is 4.42 Å². The van der Waals surface area contributed by atoms with Crippen molar-refractivity contribution in [1.29, 1.82) is 0 Å². The van der Waals surface area contributed by atoms with Gasteiger partial charge < -0.3 is 9.73 Å². The van der Waals surface area contributed by atoms with Gasteiger partial charge in [0, 0.05) is 0 Å². The predicted octanol–water partition coefficient (Wildman–Crippen LogP) is 2.67. The quantitative estimate of drug-likeness (QED) is 0.838. The Morgan fingerprint density at radius 1 is 1.40 bits per heavy atom. The van der Waals surface area contributed by atoms with Crippen molar-refractivity contribution in [3.63, 3.8) is 0 Å². The highest BCUT2D eigenvalue weighted by Gasteiger charge is 2.25. The molecule has 0 aliphatic carbocycles. The smallest absolute Gasteiger partial charge is 0.211 e. The zero-order chi connectivity index (χ0) is 10.1. The van der Waals surface area contributed by atoms with E-state index in [4.69, 9.17) is 4.42 Å². The van der Waals surface area contributed by atoms with Crippen LogP contribution in [0.5, 0.6) is 0 Å². The van der Waals surface area contributed by atoms with Crippen LogP contribution < -0.4 is 5.32 Å². The molecule has 2 fully saturated rings. The normalized spacial score (nSPS) is 31.2. The van der Waals surface area contributed by atoms with E-state index in [9.17, 15) is 0 Å². The Hall–Kier alpha value is -0.480. The molecule has 1 aromatic heterocycles. The van der Waals surface area contributed by atoms with Gasteiger partial charge in [-0.1, -0.05) is 0 Å². The van der Waals surface area contributed by atoms with Crippen LogP contribution in [0, 0.1) is 0 Å². The van der Waals surface area contributed by atoms with Gasteiger partial charge in [0.15, 0.2) is 0 Å². The van der Waals surface area contributed by atoms with Gasteiger partial charge in [-0.15, -0.1) is 0 Å². The molecule has 0 spiro atoms. The largest absolute Gasteiger partial charge is 0.447 e. The second kappa shape index (κ2) is 4.18. The minimum Gasteiger partial charge on any atom is -0.447 e. The second-order valence-electron chi connectivity index (χ2n) is 4.26. The Labute approximate surface area is 94.0 Å². The SMILES string of the molecule is c1oc(C2CCCN2)nc1C1CCCS1. The highest BCUT2D eigenvalue weighted by Crippen LogP contribution is 2.39. The van der Waals surface area contributed by atoms with E-state index < -0.39 is 0 Å². The van der Waals surface area contributed by atoms with Crippen molar-refractivity contribution in [1.82, 2.24) is 10.3 Å². The Kier molecular flexibility index (Phi) is 2.71. The maximum Gasteiger partial charge on any atom is 0.211 e. The number of rotatable bonds is 2. The van der Waals surface area contributed by atoms with Gasteiger partial charge in [0.25, 0.3) is 0 Å². The molecule has 3 nitrogen and oxygen atoms in total. The van der Waals surface area contributed by atoms with Gasteiger partial charge in [-0.3, -0.25) is 0 Å². The van der Waals surface area contributed by atoms with Crippen molar-refractivity contribution in [2.75, 3.05) is 12.3 Å². The third-order valence-electron chi connectivity index (χ3n) is 3.16. The van der Waals surface area contributed by atoms with Crippen molar-refractivity contribution in [2.24, 2.45) is 0 Å². The average molecular weight is 224 g/mol. The van der Waals surface area contributed by atoms with Gasteiger partial charge in [-0.2, -0.15) is 11.8 Å². The molecule has 1 aromatic rings. The summed E-state index contributed by atoms with van der Waals surface area (Å²) in [7, 11) is 0. The molecule has 0 radical (unpaired) electrons. The van der Waals surface area contributed by atoms with E-state index in [1.807, 2.05) is 18.0 Å². The first-order valence-corrected chi connectivity index (χ1v) is 6.78. The molecule has 3 rings (SSSR count). The highest BCUT2D eigenvalue weighted by molar-refractivity contribution is 7.99. The van der Waals surface area contributed by atoms with Crippen LogP contribution >= 0.6 is 11.8 Å². The number of hydrogen-bond donors (Lipinski definition) is 1. The number of thioether (sulfide) groups is 1. The lowest BCUT2D eigenvalue weighted by Crippen LogP contribution is -2.13. The average Bonchev–Trinajstić information content (AvgIpc) is 3.02. The number of nitrogens with zero attached hydrogens (tertiary/aromatic N) is 1. The zero-order valence-electron chi connectivity index (χ0n) is 8.74. The van der Waals surface area contributed by atoms with Crippen molar-refractivity contribution in [3.8, 4) is 0 Å². The fourth-order valence-electron chi connectivity index (χ4n) is 2.31. The first-order valence-electron chi connectivity index (χ1n) is 5.74. The van der Waals surface area contributed by atoms with Crippen LogP contribution in [0.3, 0.4) is 0 Å². The molecule has 15 heavy (non-hydrogen) atoms. The minimum atomic E-state index is 0.366. The summed E-state index contributed by atoms with van der Waals surface area (Å²) in [6.07, 6.45) is 6.84. The summed E-state index contributed by atoms with van der Waals surface area (Å²) in [4.78, 5) is 4.62. The summed E-state index contributed by atoms with van der Waals surface area (Å²) in [5, 5.41) is 4.00. The van der Waals surface area contributed by atoms with Crippen LogP contribution in [0.4, 0.5) is 0 Å². The molecular weight excluding hydrogens is 208 g/mol.